The average Bonchev–Trinajstić information content (AvgIpc) is 2.62. The van der Waals surface area contributed by atoms with Crippen LogP contribution in [0.4, 0.5) is 0 Å². The largest absolute Gasteiger partial charge is 0.496 e. The lowest BCUT2D eigenvalue weighted by molar-refractivity contribution is 0.0941. The molecular formula is C19H21N3O2. The lowest BCUT2D eigenvalue weighted by Crippen LogP contribution is -2.34. The van der Waals surface area contributed by atoms with Crippen molar-refractivity contribution in [3.8, 4) is 11.8 Å². The zero-order chi connectivity index (χ0) is 17.5. The van der Waals surface area contributed by atoms with E-state index in [-0.39, 0.29) is 11.9 Å². The van der Waals surface area contributed by atoms with Crippen LogP contribution < -0.4 is 10.1 Å². The van der Waals surface area contributed by atoms with Crippen molar-refractivity contribution < 1.29 is 9.53 Å². The fraction of sp³-hybridized carbons (Fsp3) is 0.263. The Balaban J connectivity index is 2.11. The third-order valence-corrected chi connectivity index (χ3v) is 3.85. The summed E-state index contributed by atoms with van der Waals surface area (Å²) in [7, 11) is 5.57. The van der Waals surface area contributed by atoms with Gasteiger partial charge in [0.05, 0.1) is 24.8 Å². The molecule has 5 nitrogen and oxygen atoms in total. The highest BCUT2D eigenvalue weighted by atomic mass is 16.5. The average molecular weight is 323 g/mol. The number of carbonyl (C=O) groups is 1. The Labute approximate surface area is 142 Å². The zero-order valence-corrected chi connectivity index (χ0v) is 14.1. The number of methoxy groups -OCH3 is 1. The number of ether oxygens (including phenoxy) is 1. The highest BCUT2D eigenvalue weighted by Crippen LogP contribution is 2.27. The number of para-hydroxylation sites is 1. The van der Waals surface area contributed by atoms with Gasteiger partial charge in [-0.2, -0.15) is 5.26 Å². The minimum absolute atomic E-state index is 0.0107. The number of nitriles is 1. The van der Waals surface area contributed by atoms with Crippen molar-refractivity contribution in [1.82, 2.24) is 10.2 Å². The first kappa shape index (κ1) is 17.5. The maximum Gasteiger partial charge on any atom is 0.251 e. The lowest BCUT2D eigenvalue weighted by Gasteiger charge is -2.26. The van der Waals surface area contributed by atoms with E-state index in [1.165, 1.54) is 0 Å². The molecule has 0 radical (unpaired) electrons. The SMILES string of the molecule is COc1ccccc1C(CNC(=O)c1ccc(C#N)cc1)N(C)C. The molecule has 124 valence electrons. The number of nitrogens with zero attached hydrogens (tertiary/aromatic N) is 2. The Morgan fingerprint density at radius 3 is 2.46 bits per heavy atom. The van der Waals surface area contributed by atoms with Gasteiger partial charge in [0, 0.05) is 17.7 Å². The molecule has 24 heavy (non-hydrogen) atoms. The summed E-state index contributed by atoms with van der Waals surface area (Å²) in [5, 5.41) is 11.8. The van der Waals surface area contributed by atoms with Crippen LogP contribution in [-0.4, -0.2) is 38.6 Å². The molecule has 1 unspecified atom stereocenters. The van der Waals surface area contributed by atoms with Crippen molar-refractivity contribution in [2.75, 3.05) is 27.7 Å². The molecule has 0 fully saturated rings. The summed E-state index contributed by atoms with van der Waals surface area (Å²) >= 11 is 0. The second kappa shape index (κ2) is 8.14. The number of hydrogen-bond acceptors (Lipinski definition) is 4. The van der Waals surface area contributed by atoms with Gasteiger partial charge in [-0.15, -0.1) is 0 Å². The van der Waals surface area contributed by atoms with E-state index in [1.54, 1.807) is 31.4 Å². The summed E-state index contributed by atoms with van der Waals surface area (Å²) < 4.78 is 5.42. The Morgan fingerprint density at radius 2 is 1.88 bits per heavy atom. The van der Waals surface area contributed by atoms with Gasteiger partial charge < -0.3 is 15.0 Å². The van der Waals surface area contributed by atoms with Crippen molar-refractivity contribution in [2.24, 2.45) is 0 Å². The lowest BCUT2D eigenvalue weighted by atomic mass is 10.0. The van der Waals surface area contributed by atoms with Crippen molar-refractivity contribution in [1.29, 1.82) is 5.26 Å². The molecule has 0 bridgehead atoms. The third-order valence-electron chi connectivity index (χ3n) is 3.85. The number of benzene rings is 2. The predicted octanol–water partition coefficient (Wildman–Crippen LogP) is 2.60. The number of likely N-dealkylation sites (N-methyl/N-ethyl adjacent to an activating group) is 1. The van der Waals surface area contributed by atoms with Crippen LogP contribution in [0.3, 0.4) is 0 Å². The minimum atomic E-state index is -0.166. The van der Waals surface area contributed by atoms with Crippen LogP contribution in [0.25, 0.3) is 0 Å². The summed E-state index contributed by atoms with van der Waals surface area (Å²) in [6, 6.07) is 16.4. The second-order valence-electron chi connectivity index (χ2n) is 5.62. The second-order valence-corrected chi connectivity index (χ2v) is 5.62. The molecule has 0 aliphatic rings. The van der Waals surface area contributed by atoms with Gasteiger partial charge in [-0.25, -0.2) is 0 Å². The number of carbonyl (C=O) groups excluding carboxylic acids is 1. The van der Waals surface area contributed by atoms with E-state index in [9.17, 15) is 4.79 Å². The maximum absolute atomic E-state index is 12.3. The first-order valence-electron chi connectivity index (χ1n) is 7.64. The highest BCUT2D eigenvalue weighted by Gasteiger charge is 2.19. The van der Waals surface area contributed by atoms with Gasteiger partial charge in [-0.3, -0.25) is 4.79 Å². The van der Waals surface area contributed by atoms with Gasteiger partial charge in [0.1, 0.15) is 5.75 Å². The topological polar surface area (TPSA) is 65.4 Å². The zero-order valence-electron chi connectivity index (χ0n) is 14.1. The van der Waals surface area contributed by atoms with Crippen LogP contribution in [0.15, 0.2) is 48.5 Å². The number of nitrogens with one attached hydrogen (secondary N) is 1. The van der Waals surface area contributed by atoms with Gasteiger partial charge in [0.15, 0.2) is 0 Å². The Morgan fingerprint density at radius 1 is 1.21 bits per heavy atom. The third kappa shape index (κ3) is 4.12. The molecule has 2 aromatic rings. The molecule has 1 amide bonds. The van der Waals surface area contributed by atoms with Crippen molar-refractivity contribution in [3.63, 3.8) is 0 Å². The first-order valence-corrected chi connectivity index (χ1v) is 7.64. The standard InChI is InChI=1S/C19H21N3O2/c1-22(2)17(16-6-4-5-7-18(16)24-3)13-21-19(23)15-10-8-14(12-20)9-11-15/h4-11,17H,13H2,1-3H3,(H,21,23). The quantitative estimate of drug-likeness (QED) is 0.887. The van der Waals surface area contributed by atoms with Crippen molar-refractivity contribution in [3.05, 3.63) is 65.2 Å². The van der Waals surface area contributed by atoms with E-state index < -0.39 is 0 Å². The van der Waals surface area contributed by atoms with E-state index in [2.05, 4.69) is 5.32 Å². The van der Waals surface area contributed by atoms with E-state index in [1.807, 2.05) is 49.3 Å². The molecule has 2 aromatic carbocycles. The predicted molar refractivity (Wildman–Crippen MR) is 92.9 cm³/mol. The van der Waals surface area contributed by atoms with Crippen LogP contribution in [-0.2, 0) is 0 Å². The van der Waals surface area contributed by atoms with E-state index in [4.69, 9.17) is 10.00 Å². The Hall–Kier alpha value is -2.84. The summed E-state index contributed by atoms with van der Waals surface area (Å²) in [6.07, 6.45) is 0. The van der Waals surface area contributed by atoms with Gasteiger partial charge in [0.25, 0.3) is 5.91 Å². The molecule has 0 aliphatic heterocycles. The van der Waals surface area contributed by atoms with Gasteiger partial charge in [0.2, 0.25) is 0 Å². The molecule has 5 heteroatoms. The molecule has 0 heterocycles. The van der Waals surface area contributed by atoms with Gasteiger partial charge >= 0.3 is 0 Å². The van der Waals surface area contributed by atoms with E-state index >= 15 is 0 Å². The summed E-state index contributed by atoms with van der Waals surface area (Å²) in [5.41, 5.74) is 2.09. The van der Waals surface area contributed by atoms with Crippen LogP contribution in [0.5, 0.6) is 5.75 Å². The molecule has 1 N–H and O–H groups in total. The fourth-order valence-corrected chi connectivity index (χ4v) is 2.50. The van der Waals surface area contributed by atoms with E-state index in [0.29, 0.717) is 17.7 Å². The molecule has 1 atom stereocenters. The van der Waals surface area contributed by atoms with Crippen molar-refractivity contribution in [2.45, 2.75) is 6.04 Å². The molecule has 2 rings (SSSR count). The molecule has 0 aliphatic carbocycles. The first-order chi connectivity index (χ1) is 11.6. The Kier molecular flexibility index (Phi) is 5.94. The van der Waals surface area contributed by atoms with Crippen LogP contribution in [0.1, 0.15) is 27.5 Å². The van der Waals surface area contributed by atoms with E-state index in [0.717, 1.165) is 11.3 Å². The van der Waals surface area contributed by atoms with Crippen LogP contribution in [0, 0.1) is 11.3 Å². The number of hydrogen-bond donors (Lipinski definition) is 1. The highest BCUT2D eigenvalue weighted by molar-refractivity contribution is 5.94. The van der Waals surface area contributed by atoms with Crippen molar-refractivity contribution >= 4 is 5.91 Å². The monoisotopic (exact) mass is 323 g/mol. The molecule has 0 saturated carbocycles. The van der Waals surface area contributed by atoms with Gasteiger partial charge in [-0.1, -0.05) is 18.2 Å². The normalized spacial score (nSPS) is 11.6. The van der Waals surface area contributed by atoms with Crippen LogP contribution in [0.2, 0.25) is 0 Å². The molecule has 0 saturated heterocycles. The molecule has 0 spiro atoms. The maximum atomic E-state index is 12.3. The van der Waals surface area contributed by atoms with Crippen LogP contribution >= 0.6 is 0 Å². The smallest absolute Gasteiger partial charge is 0.251 e. The summed E-state index contributed by atoms with van der Waals surface area (Å²) in [4.78, 5) is 14.4. The summed E-state index contributed by atoms with van der Waals surface area (Å²) in [5.74, 6) is 0.630. The number of rotatable bonds is 6. The number of amides is 1. The summed E-state index contributed by atoms with van der Waals surface area (Å²) in [6.45, 7) is 0.451. The Bertz CT molecular complexity index is 733. The molecular weight excluding hydrogens is 302 g/mol. The minimum Gasteiger partial charge on any atom is -0.496 e. The molecule has 0 aromatic heterocycles. The van der Waals surface area contributed by atoms with Gasteiger partial charge in [-0.05, 0) is 44.4 Å². The fourth-order valence-electron chi connectivity index (χ4n) is 2.50.